The number of rotatable bonds is 3. The molecule has 1 aliphatic heterocycles. The van der Waals surface area contributed by atoms with Crippen molar-refractivity contribution in [2.24, 2.45) is 0 Å². The molecule has 1 aromatic heterocycles. The molecule has 2 heterocycles. The fraction of sp³-hybridized carbons (Fsp3) is 0.286. The lowest BCUT2D eigenvalue weighted by Crippen LogP contribution is -2.39. The zero-order valence-corrected chi connectivity index (χ0v) is 10.7. The Kier molecular flexibility index (Phi) is 3.06. The molecule has 1 N–H and O–H groups in total. The summed E-state index contributed by atoms with van der Waals surface area (Å²) in [6.07, 6.45) is 3.45. The van der Waals surface area contributed by atoms with Crippen molar-refractivity contribution in [1.29, 1.82) is 0 Å². The van der Waals surface area contributed by atoms with Gasteiger partial charge in [-0.25, -0.2) is 0 Å². The van der Waals surface area contributed by atoms with Gasteiger partial charge >= 0.3 is 0 Å². The molecule has 0 bridgehead atoms. The number of hydrogen-bond acceptors (Lipinski definition) is 4. The molecule has 6 nitrogen and oxygen atoms in total. The zero-order chi connectivity index (χ0) is 14.1. The van der Waals surface area contributed by atoms with E-state index in [4.69, 9.17) is 0 Å². The van der Waals surface area contributed by atoms with Crippen molar-refractivity contribution in [1.82, 2.24) is 15.1 Å². The standard InChI is InChI=1S/C14H13N3O3/c18-6-5-17-8-10-7-9(1-3-12(10)16-17)11-2-4-13(19)15-14(11)20/h1,3,6-8,11H,2,4-5H2,(H,15,19,20). The van der Waals surface area contributed by atoms with Gasteiger partial charge in [0.2, 0.25) is 11.8 Å². The van der Waals surface area contributed by atoms with Crippen LogP contribution < -0.4 is 5.32 Å². The summed E-state index contributed by atoms with van der Waals surface area (Å²) in [6.45, 7) is 0.211. The number of carbonyl (C=O) groups excluding carboxylic acids is 3. The Labute approximate surface area is 114 Å². The first-order valence-corrected chi connectivity index (χ1v) is 6.42. The van der Waals surface area contributed by atoms with Crippen LogP contribution in [0, 0.1) is 0 Å². The fourth-order valence-electron chi connectivity index (χ4n) is 2.49. The van der Waals surface area contributed by atoms with Gasteiger partial charge in [0.15, 0.2) is 0 Å². The van der Waals surface area contributed by atoms with Crippen molar-refractivity contribution in [3.63, 3.8) is 0 Å². The molecule has 2 aromatic rings. The lowest BCUT2D eigenvalue weighted by Gasteiger charge is -2.20. The van der Waals surface area contributed by atoms with E-state index >= 15 is 0 Å². The number of carbonyl (C=O) groups is 3. The first kappa shape index (κ1) is 12.5. The van der Waals surface area contributed by atoms with Crippen molar-refractivity contribution >= 4 is 29.0 Å². The molecule has 0 radical (unpaired) electrons. The van der Waals surface area contributed by atoms with Gasteiger partial charge in [-0.05, 0) is 24.1 Å². The minimum atomic E-state index is -0.300. The van der Waals surface area contributed by atoms with E-state index in [0.717, 1.165) is 22.8 Å². The van der Waals surface area contributed by atoms with Crippen molar-refractivity contribution in [2.45, 2.75) is 25.3 Å². The van der Waals surface area contributed by atoms with Gasteiger partial charge in [0, 0.05) is 18.0 Å². The lowest BCUT2D eigenvalue weighted by molar-refractivity contribution is -0.134. The molecule has 20 heavy (non-hydrogen) atoms. The summed E-state index contributed by atoms with van der Waals surface area (Å²) in [6, 6.07) is 5.57. The second kappa shape index (κ2) is 4.88. The predicted octanol–water partition coefficient (Wildman–Crippen LogP) is 0.755. The van der Waals surface area contributed by atoms with E-state index in [2.05, 4.69) is 10.4 Å². The van der Waals surface area contributed by atoms with Crippen LogP contribution in [0.1, 0.15) is 24.3 Å². The summed E-state index contributed by atoms with van der Waals surface area (Å²) in [4.78, 5) is 33.5. The van der Waals surface area contributed by atoms with Crippen molar-refractivity contribution in [3.8, 4) is 0 Å². The number of hydrogen-bond donors (Lipinski definition) is 1. The summed E-state index contributed by atoms with van der Waals surface area (Å²) in [5.74, 6) is -0.765. The molecule has 1 aromatic carbocycles. The van der Waals surface area contributed by atoms with E-state index in [1.54, 1.807) is 10.9 Å². The average molecular weight is 271 g/mol. The predicted molar refractivity (Wildman–Crippen MR) is 70.9 cm³/mol. The highest BCUT2D eigenvalue weighted by molar-refractivity contribution is 6.01. The number of nitrogens with zero attached hydrogens (tertiary/aromatic N) is 2. The second-order valence-electron chi connectivity index (χ2n) is 4.84. The van der Waals surface area contributed by atoms with Crippen LogP contribution in [0.25, 0.3) is 10.9 Å². The summed E-state index contributed by atoms with van der Waals surface area (Å²) >= 11 is 0. The molecule has 0 saturated carbocycles. The average Bonchev–Trinajstić information content (AvgIpc) is 2.80. The van der Waals surface area contributed by atoms with E-state index in [0.29, 0.717) is 12.8 Å². The number of aldehydes is 1. The van der Waals surface area contributed by atoms with E-state index < -0.39 is 0 Å². The van der Waals surface area contributed by atoms with Crippen LogP contribution in [-0.2, 0) is 20.9 Å². The Balaban J connectivity index is 1.94. The molecular formula is C14H13N3O3. The van der Waals surface area contributed by atoms with Crippen LogP contribution in [0.4, 0.5) is 0 Å². The van der Waals surface area contributed by atoms with Crippen LogP contribution in [0.3, 0.4) is 0 Å². The highest BCUT2D eigenvalue weighted by Gasteiger charge is 2.28. The number of aromatic nitrogens is 2. The zero-order valence-electron chi connectivity index (χ0n) is 10.7. The van der Waals surface area contributed by atoms with Gasteiger partial charge in [-0.2, -0.15) is 5.10 Å². The number of imide groups is 1. The first-order chi connectivity index (χ1) is 9.67. The molecule has 1 saturated heterocycles. The summed E-state index contributed by atoms with van der Waals surface area (Å²) in [5, 5.41) is 7.49. The summed E-state index contributed by atoms with van der Waals surface area (Å²) in [7, 11) is 0. The molecule has 1 aliphatic rings. The molecule has 2 amide bonds. The second-order valence-corrected chi connectivity index (χ2v) is 4.84. The Bertz CT molecular complexity index is 705. The number of nitrogens with one attached hydrogen (secondary N) is 1. The van der Waals surface area contributed by atoms with Crippen LogP contribution >= 0.6 is 0 Å². The molecule has 1 atom stereocenters. The third-order valence-electron chi connectivity index (χ3n) is 3.48. The van der Waals surface area contributed by atoms with Crippen LogP contribution in [0.2, 0.25) is 0 Å². The quantitative estimate of drug-likeness (QED) is 0.660. The van der Waals surface area contributed by atoms with Crippen LogP contribution in [0.15, 0.2) is 24.4 Å². The molecule has 0 aliphatic carbocycles. The Morgan fingerprint density at radius 1 is 1.40 bits per heavy atom. The van der Waals surface area contributed by atoms with Gasteiger partial charge < -0.3 is 4.79 Å². The normalized spacial score (nSPS) is 19.1. The third kappa shape index (κ3) is 2.20. The molecule has 1 fully saturated rings. The summed E-state index contributed by atoms with van der Waals surface area (Å²) in [5.41, 5.74) is 1.65. The largest absolute Gasteiger partial charge is 0.301 e. The maximum atomic E-state index is 11.8. The fourth-order valence-corrected chi connectivity index (χ4v) is 2.49. The lowest BCUT2D eigenvalue weighted by atomic mass is 9.90. The monoisotopic (exact) mass is 271 g/mol. The van der Waals surface area contributed by atoms with E-state index in [9.17, 15) is 14.4 Å². The Morgan fingerprint density at radius 3 is 3.00 bits per heavy atom. The van der Waals surface area contributed by atoms with Crippen molar-refractivity contribution < 1.29 is 14.4 Å². The molecule has 102 valence electrons. The van der Waals surface area contributed by atoms with Gasteiger partial charge in [-0.3, -0.25) is 19.6 Å². The SMILES string of the molecule is O=CCn1cc2cc(C3CCC(=O)NC3=O)ccc2n1. The van der Waals surface area contributed by atoms with Gasteiger partial charge in [-0.15, -0.1) is 0 Å². The minimum Gasteiger partial charge on any atom is -0.301 e. The highest BCUT2D eigenvalue weighted by atomic mass is 16.2. The maximum Gasteiger partial charge on any atom is 0.234 e. The minimum absolute atomic E-state index is 0.211. The van der Waals surface area contributed by atoms with E-state index in [1.165, 1.54) is 0 Å². The van der Waals surface area contributed by atoms with E-state index in [-0.39, 0.29) is 24.3 Å². The number of amides is 2. The molecular weight excluding hydrogens is 258 g/mol. The Hall–Kier alpha value is -2.50. The number of piperidine rings is 1. The molecule has 3 rings (SSSR count). The summed E-state index contributed by atoms with van der Waals surface area (Å²) < 4.78 is 1.56. The topological polar surface area (TPSA) is 81.1 Å². The van der Waals surface area contributed by atoms with Gasteiger partial charge in [0.05, 0.1) is 18.0 Å². The van der Waals surface area contributed by atoms with Gasteiger partial charge in [-0.1, -0.05) is 6.07 Å². The molecule has 1 unspecified atom stereocenters. The van der Waals surface area contributed by atoms with E-state index in [1.807, 2.05) is 18.2 Å². The van der Waals surface area contributed by atoms with Crippen molar-refractivity contribution in [2.75, 3.05) is 0 Å². The van der Waals surface area contributed by atoms with Gasteiger partial charge in [0.1, 0.15) is 6.29 Å². The van der Waals surface area contributed by atoms with Gasteiger partial charge in [0.25, 0.3) is 0 Å². The Morgan fingerprint density at radius 2 is 2.25 bits per heavy atom. The van der Waals surface area contributed by atoms with Crippen LogP contribution in [0.5, 0.6) is 0 Å². The number of benzene rings is 1. The molecule has 6 heteroatoms. The van der Waals surface area contributed by atoms with Crippen molar-refractivity contribution in [3.05, 3.63) is 30.0 Å². The van der Waals surface area contributed by atoms with Crippen LogP contribution in [-0.4, -0.2) is 27.9 Å². The highest BCUT2D eigenvalue weighted by Crippen LogP contribution is 2.27. The smallest absolute Gasteiger partial charge is 0.234 e. The number of fused-ring (bicyclic) bond motifs is 1. The third-order valence-corrected chi connectivity index (χ3v) is 3.48. The first-order valence-electron chi connectivity index (χ1n) is 6.42. The molecule has 0 spiro atoms. The maximum absolute atomic E-state index is 11.8.